The van der Waals surface area contributed by atoms with Crippen molar-refractivity contribution in [2.24, 2.45) is 5.73 Å². The van der Waals surface area contributed by atoms with Crippen LogP contribution in [-0.4, -0.2) is 98.4 Å². The summed E-state index contributed by atoms with van der Waals surface area (Å²) in [5, 5.41) is 35.0. The summed E-state index contributed by atoms with van der Waals surface area (Å²) in [4.78, 5) is 117. The number of aromatic nitrogens is 5. The molecule has 5 aliphatic carbocycles. The first-order valence-electron chi connectivity index (χ1n) is 44.7. The first kappa shape index (κ1) is 118. The fourth-order valence-electron chi connectivity index (χ4n) is 16.4. The summed E-state index contributed by atoms with van der Waals surface area (Å²) in [7, 11) is 3.28. The predicted molar refractivity (Wildman–Crippen MR) is 585 cm³/mol. The molecule has 0 radical (unpaired) electrons. The molecule has 23 rings (SSSR count). The van der Waals surface area contributed by atoms with Crippen LogP contribution in [0.4, 0.5) is 5.69 Å². The van der Waals surface area contributed by atoms with Gasteiger partial charge in [-0.3, -0.25) is 49.0 Å². The van der Waals surface area contributed by atoms with Crippen LogP contribution in [0.1, 0.15) is 163 Å². The molecular weight excluding hydrogens is 1840 g/mol. The van der Waals surface area contributed by atoms with Crippen LogP contribution in [0.5, 0.6) is 0 Å². The zero-order chi connectivity index (χ0) is 98.5. The minimum absolute atomic E-state index is 0. The third-order valence-electron chi connectivity index (χ3n) is 21.9. The van der Waals surface area contributed by atoms with Crippen LogP contribution < -0.4 is 52.4 Å². The number of aromatic amines is 5. The Morgan fingerprint density at radius 3 is 0.759 bits per heavy atom. The third kappa shape index (κ3) is 29.1. The summed E-state index contributed by atoms with van der Waals surface area (Å²) in [6.45, 7) is 25.9. The largest absolute Gasteiger partial charge is 1.00 e. The summed E-state index contributed by atoms with van der Waals surface area (Å²) < 4.78 is 9.27. The van der Waals surface area contributed by atoms with Crippen molar-refractivity contribution in [1.29, 1.82) is 5.26 Å². The second kappa shape index (κ2) is 59.4. The number of ether oxygens (including phenoxy) is 2. The van der Waals surface area contributed by atoms with Crippen molar-refractivity contribution in [3.8, 4) is 62.4 Å². The number of carbonyl (C=O) groups is 2. The average molecular weight is 1970 g/mol. The van der Waals surface area contributed by atoms with Crippen molar-refractivity contribution in [2.45, 2.75) is 128 Å². The van der Waals surface area contributed by atoms with E-state index in [1.54, 1.807) is 30.3 Å². The van der Waals surface area contributed by atoms with E-state index in [1.807, 2.05) is 262 Å². The smallest absolute Gasteiger partial charge is 1.00 e. The number of nitriles is 1. The first-order valence-corrected chi connectivity index (χ1v) is 45.9. The number of nitro groups is 2. The van der Waals surface area contributed by atoms with Gasteiger partial charge in [0.1, 0.15) is 0 Å². The minimum Gasteiger partial charge on any atom is -1.00 e. The summed E-state index contributed by atoms with van der Waals surface area (Å²) in [5.41, 5.74) is 31.0. The Bertz CT molecular complexity index is 6700. The Morgan fingerprint density at radius 1 is 0.376 bits per heavy atom. The third-order valence-corrected chi connectivity index (χ3v) is 22.5. The number of hydrogen-bond acceptors (Lipinski definition) is 15. The number of rotatable bonds is 3. The molecule has 0 bridgehead atoms. The molecule has 0 amide bonds. The van der Waals surface area contributed by atoms with Gasteiger partial charge in [-0.05, 0) is 151 Å². The van der Waals surface area contributed by atoms with Crippen LogP contribution in [0.2, 0.25) is 0 Å². The standard InChI is InChI=1S/5C16H11NO.C9H6O3.C8H6BrN.C4H10O.C2H3N.3C2H6.2CH3NO2.CH5N.3CH4.Al.Li.4H/c5*18-16-13-8-4-3-7-12(13)14-9-10-5-1-2-6-11(10)15(14)17-16;10-8-5-6-3-1-2-4-7(6)9(11)12-8;1-10-8-5-3-2-4-7(8)6-9;1-3-5-4-2;1-2-3;3*1-2;2*1-2(3)4;1-2;;;;;;;;;/h5*1-8H,9H2,(H,17,18);1-4H,5H2;2-5H,6H2;3-4H2,1-2H3;1H3;3*1-2H3;2*1H3;2H2,1H3;3*1H4;;;;;;/q;;;;;;;;;;;;;;;;;;;+1;;;;-1. The van der Waals surface area contributed by atoms with E-state index in [0.29, 0.717) is 5.56 Å². The predicted octanol–water partition coefficient (Wildman–Crippen LogP) is 21.4. The molecule has 23 nitrogen and oxygen atoms in total. The molecule has 0 saturated heterocycles. The average Bonchev–Trinajstić information content (AvgIpc) is 1.54. The Labute approximate surface area is 855 Å². The van der Waals surface area contributed by atoms with E-state index in [1.165, 1.54) is 69.6 Å². The van der Waals surface area contributed by atoms with Crippen LogP contribution in [0.3, 0.4) is 0 Å². The molecule has 6 heterocycles. The van der Waals surface area contributed by atoms with E-state index in [4.69, 9.17) is 36.8 Å². The zero-order valence-electron chi connectivity index (χ0n) is 80.1. The summed E-state index contributed by atoms with van der Waals surface area (Å²) in [6, 6.07) is 96.7. The molecule has 0 spiro atoms. The topological polar surface area (TPSA) is 357 Å². The maximum absolute atomic E-state index is 12.1. The summed E-state index contributed by atoms with van der Waals surface area (Å²) in [5.74, 6) is -1.01. The number of nitrogens with one attached hydrogen (secondary N) is 5. The molecule has 26 heteroatoms. The molecule has 0 unspecified atom stereocenters. The van der Waals surface area contributed by atoms with Crippen molar-refractivity contribution >= 4 is 105 Å². The van der Waals surface area contributed by atoms with Crippen LogP contribution in [0.25, 0.3) is 115 Å². The van der Waals surface area contributed by atoms with Gasteiger partial charge in [-0.1, -0.05) is 335 Å². The Hall–Kier alpha value is -14.9. The monoisotopic (exact) mass is 1970 g/mol. The second-order valence-corrected chi connectivity index (χ2v) is 30.4. The van der Waals surface area contributed by atoms with Gasteiger partial charge in [0.15, 0.2) is 37.1 Å². The Balaban J connectivity index is 0.000000410. The van der Waals surface area contributed by atoms with Crippen LogP contribution in [0, 0.1) is 38.1 Å². The van der Waals surface area contributed by atoms with E-state index in [2.05, 4.69) is 117 Å². The number of alkyl halides is 1. The number of nitrogens with zero attached hydrogens (tertiary/aromatic N) is 4. The molecule has 0 fully saturated rings. The molecule has 0 atom stereocenters. The minimum atomic E-state index is -0.540. The zero-order valence-corrected chi connectivity index (χ0v) is 80.7. The van der Waals surface area contributed by atoms with Crippen molar-refractivity contribution in [1.82, 2.24) is 24.9 Å². The maximum Gasteiger partial charge on any atom is 1.00 e. The number of carbonyl (C=O) groups excluding carboxylic acids is 2. The molecule has 6 aliphatic rings. The van der Waals surface area contributed by atoms with E-state index in [-0.39, 0.29) is 94.1 Å². The number of halogens is 1. The van der Waals surface area contributed by atoms with Crippen LogP contribution in [-0.2, 0) is 58.1 Å². The number of nitrogens with two attached hydrogens (primary N) is 1. The van der Waals surface area contributed by atoms with Gasteiger partial charge in [-0.15, -0.1) is 0 Å². The number of pyridine rings is 5. The molecule has 17 aromatic rings. The van der Waals surface area contributed by atoms with Crippen LogP contribution in [0.15, 0.2) is 315 Å². The van der Waals surface area contributed by atoms with Crippen LogP contribution >= 0.6 is 15.9 Å². The molecular formula is C115H125AlBrLiN10O13. The molecule has 1 aliphatic heterocycles. The molecule has 141 heavy (non-hydrogen) atoms. The number of para-hydroxylation sites is 1. The van der Waals surface area contributed by atoms with Gasteiger partial charge in [0, 0.05) is 122 Å². The van der Waals surface area contributed by atoms with Crippen molar-refractivity contribution in [3.63, 3.8) is 0 Å². The Morgan fingerprint density at radius 2 is 0.560 bits per heavy atom. The molecule has 0 saturated carbocycles. The second-order valence-electron chi connectivity index (χ2n) is 29.8. The fourth-order valence-corrected chi connectivity index (χ4v) is 16.9. The van der Waals surface area contributed by atoms with E-state index in [0.717, 1.165) is 192 Å². The number of fused-ring (bicyclic) bond motifs is 26. The van der Waals surface area contributed by atoms with Gasteiger partial charge >= 0.3 is 30.8 Å². The van der Waals surface area contributed by atoms with Gasteiger partial charge in [-0.25, -0.2) is 9.64 Å². The fraction of sp³-hybridized carbons (Fsp3) is 0.209. The molecule has 724 valence electrons. The van der Waals surface area contributed by atoms with Gasteiger partial charge in [0.05, 0.1) is 53.1 Å². The number of H-pyrrole nitrogens is 5. The van der Waals surface area contributed by atoms with Crippen molar-refractivity contribution in [3.05, 3.63) is 447 Å². The molecule has 12 aromatic carbocycles. The summed E-state index contributed by atoms with van der Waals surface area (Å²) in [6.07, 6.45) is 4.72. The number of esters is 2. The number of benzene rings is 12. The van der Waals surface area contributed by atoms with Gasteiger partial charge in [0.2, 0.25) is 0 Å². The molecule has 7 N–H and O–H groups in total. The van der Waals surface area contributed by atoms with Gasteiger partial charge < -0.3 is 41.6 Å². The number of hydrogen-bond donors (Lipinski definition) is 6. The van der Waals surface area contributed by atoms with Gasteiger partial charge in [0.25, 0.3) is 27.8 Å². The van der Waals surface area contributed by atoms with Crippen molar-refractivity contribution in [2.75, 3.05) is 34.4 Å². The first-order chi connectivity index (χ1) is 66.2. The normalized spacial score (nSPS) is 10.8. The maximum atomic E-state index is 12.1. The van der Waals surface area contributed by atoms with E-state index < -0.39 is 21.8 Å². The number of cyclic esters (lactones) is 2. The Kier molecular flexibility index (Phi) is 49.9. The van der Waals surface area contributed by atoms with E-state index >= 15 is 0 Å². The SMILES string of the molecule is C.C.C.CC.CC.CC.CC#N.CCOCC.CN.C[N+](=O)[O-].C[N+](=O)[O-].O=C1Cc2ccccc2C(=O)O1.O=c1[nH]c2c(c3ccccc13)Cc1ccccc1-2.O=c1[nH]c2c(c3ccccc13)Cc1ccccc1-2.O=c1[nH]c2c(c3ccccc13)Cc1ccccc1-2.O=c1[nH]c2c(c3ccccc13)Cc1ccccc1-2.O=c1[nH]c2c(c3ccccc13)Cc1ccccc1-2.[AlH3].[C-]#[N+]c1ccccc1CBr.[H-].[Li+]. The molecule has 5 aromatic heterocycles. The van der Waals surface area contributed by atoms with Crippen molar-refractivity contribution < 1.29 is 49.2 Å². The van der Waals surface area contributed by atoms with E-state index in [9.17, 15) is 33.6 Å². The summed E-state index contributed by atoms with van der Waals surface area (Å²) >= 11 is 3.31. The van der Waals surface area contributed by atoms with Gasteiger partial charge in [-0.2, -0.15) is 5.26 Å². The quantitative estimate of drug-likeness (QED) is 0.0182.